The summed E-state index contributed by atoms with van der Waals surface area (Å²) in [7, 11) is 0. The van der Waals surface area contributed by atoms with E-state index in [-0.39, 0.29) is 17.6 Å². The summed E-state index contributed by atoms with van der Waals surface area (Å²) in [5, 5.41) is 9.89. The van der Waals surface area contributed by atoms with Crippen LogP contribution in [0.5, 0.6) is 0 Å². The van der Waals surface area contributed by atoms with Crippen LogP contribution in [0.1, 0.15) is 41.9 Å². The number of amides is 2. The van der Waals surface area contributed by atoms with E-state index < -0.39 is 0 Å². The Morgan fingerprint density at radius 1 is 1.35 bits per heavy atom. The number of aromatic amines is 1. The molecule has 1 fully saturated rings. The standard InChI is InChI=1S/C18H22ClN5O2/c19-15-6-2-1-5-14(15)10-20-16(25)8-7-13-4-3-9-24(11-13)18(26)17-21-12-22-23-17/h1-2,5-6,12-13H,3-4,7-11H2,(H,20,25)(H,21,22,23)/t13-/m0/s1. The highest BCUT2D eigenvalue weighted by Gasteiger charge is 2.26. The first-order valence-corrected chi connectivity index (χ1v) is 9.16. The van der Waals surface area contributed by atoms with Gasteiger partial charge in [0.1, 0.15) is 6.33 Å². The van der Waals surface area contributed by atoms with Crippen LogP contribution in [-0.2, 0) is 11.3 Å². The van der Waals surface area contributed by atoms with Crippen molar-refractivity contribution in [3.8, 4) is 0 Å². The first kappa shape index (κ1) is 18.4. The van der Waals surface area contributed by atoms with E-state index in [4.69, 9.17) is 11.6 Å². The van der Waals surface area contributed by atoms with Crippen LogP contribution in [0.2, 0.25) is 5.02 Å². The van der Waals surface area contributed by atoms with E-state index in [9.17, 15) is 9.59 Å². The van der Waals surface area contributed by atoms with E-state index in [2.05, 4.69) is 20.5 Å². The molecule has 0 spiro atoms. The Kier molecular flexibility index (Phi) is 6.22. The minimum absolute atomic E-state index is 0.00334. The largest absolute Gasteiger partial charge is 0.352 e. The van der Waals surface area contributed by atoms with Crippen molar-refractivity contribution in [2.45, 2.75) is 32.2 Å². The molecule has 1 aliphatic heterocycles. The third-order valence-electron chi connectivity index (χ3n) is 4.64. The molecule has 7 nitrogen and oxygen atoms in total. The van der Waals surface area contributed by atoms with Gasteiger partial charge in [-0.1, -0.05) is 29.8 Å². The molecule has 1 aliphatic rings. The van der Waals surface area contributed by atoms with Gasteiger partial charge in [-0.15, -0.1) is 0 Å². The summed E-state index contributed by atoms with van der Waals surface area (Å²) >= 11 is 6.09. The van der Waals surface area contributed by atoms with Gasteiger partial charge in [-0.2, -0.15) is 5.10 Å². The third-order valence-corrected chi connectivity index (χ3v) is 5.01. The van der Waals surface area contributed by atoms with Crippen LogP contribution in [0.25, 0.3) is 0 Å². The van der Waals surface area contributed by atoms with Crippen LogP contribution in [-0.4, -0.2) is 45.0 Å². The van der Waals surface area contributed by atoms with E-state index >= 15 is 0 Å². The van der Waals surface area contributed by atoms with Crippen LogP contribution in [0.3, 0.4) is 0 Å². The number of rotatable bonds is 6. The topological polar surface area (TPSA) is 91.0 Å². The Morgan fingerprint density at radius 3 is 2.96 bits per heavy atom. The molecule has 2 amide bonds. The zero-order valence-electron chi connectivity index (χ0n) is 14.4. The lowest BCUT2D eigenvalue weighted by Gasteiger charge is -2.32. The maximum absolute atomic E-state index is 12.3. The number of hydrogen-bond acceptors (Lipinski definition) is 4. The molecule has 1 atom stereocenters. The summed E-state index contributed by atoms with van der Waals surface area (Å²) < 4.78 is 0. The number of H-pyrrole nitrogens is 1. The molecule has 2 N–H and O–H groups in total. The fourth-order valence-corrected chi connectivity index (χ4v) is 3.41. The number of nitrogens with one attached hydrogen (secondary N) is 2. The van der Waals surface area contributed by atoms with Gasteiger partial charge in [-0.3, -0.25) is 14.7 Å². The van der Waals surface area contributed by atoms with E-state index in [1.807, 2.05) is 24.3 Å². The number of likely N-dealkylation sites (tertiary alicyclic amines) is 1. The number of aromatic nitrogens is 3. The zero-order chi connectivity index (χ0) is 18.4. The molecular formula is C18H22ClN5O2. The monoisotopic (exact) mass is 375 g/mol. The summed E-state index contributed by atoms with van der Waals surface area (Å²) in [6.45, 7) is 1.80. The van der Waals surface area contributed by atoms with Crippen LogP contribution in [0.15, 0.2) is 30.6 Å². The zero-order valence-corrected chi connectivity index (χ0v) is 15.2. The fourth-order valence-electron chi connectivity index (χ4n) is 3.20. The average Bonchev–Trinajstić information content (AvgIpc) is 3.20. The highest BCUT2D eigenvalue weighted by molar-refractivity contribution is 6.31. The smallest absolute Gasteiger partial charge is 0.291 e. The molecule has 3 rings (SSSR count). The Labute approximate surface area is 157 Å². The quantitative estimate of drug-likeness (QED) is 0.811. The summed E-state index contributed by atoms with van der Waals surface area (Å²) in [6, 6.07) is 7.47. The molecule has 26 heavy (non-hydrogen) atoms. The lowest BCUT2D eigenvalue weighted by Crippen LogP contribution is -2.40. The van der Waals surface area contributed by atoms with Gasteiger partial charge in [0.25, 0.3) is 5.91 Å². The van der Waals surface area contributed by atoms with Crippen molar-refractivity contribution >= 4 is 23.4 Å². The summed E-state index contributed by atoms with van der Waals surface area (Å²) in [5.41, 5.74) is 0.906. The number of carbonyl (C=O) groups is 2. The number of nitrogens with zero attached hydrogens (tertiary/aromatic N) is 3. The minimum Gasteiger partial charge on any atom is -0.352 e. The number of hydrogen-bond donors (Lipinski definition) is 2. The normalized spacial score (nSPS) is 17.1. The summed E-state index contributed by atoms with van der Waals surface area (Å²) in [5.74, 6) is 0.462. The minimum atomic E-state index is -0.129. The first-order chi connectivity index (χ1) is 12.6. The van der Waals surface area contributed by atoms with Gasteiger partial charge in [0.15, 0.2) is 0 Å². The van der Waals surface area contributed by atoms with Crippen molar-refractivity contribution in [2.24, 2.45) is 5.92 Å². The first-order valence-electron chi connectivity index (χ1n) is 8.78. The Bertz CT molecular complexity index is 750. The highest BCUT2D eigenvalue weighted by atomic mass is 35.5. The van der Waals surface area contributed by atoms with E-state index in [0.29, 0.717) is 30.5 Å². The van der Waals surface area contributed by atoms with Gasteiger partial charge in [0.2, 0.25) is 11.7 Å². The molecule has 138 valence electrons. The van der Waals surface area contributed by atoms with Gasteiger partial charge >= 0.3 is 0 Å². The van der Waals surface area contributed by atoms with Crippen LogP contribution >= 0.6 is 11.6 Å². The van der Waals surface area contributed by atoms with Crippen molar-refractivity contribution < 1.29 is 9.59 Å². The molecule has 0 unspecified atom stereocenters. The number of benzene rings is 1. The van der Waals surface area contributed by atoms with E-state index in [0.717, 1.165) is 31.4 Å². The summed E-state index contributed by atoms with van der Waals surface area (Å²) in [4.78, 5) is 30.2. The maximum Gasteiger partial charge on any atom is 0.291 e. The molecule has 0 saturated carbocycles. The van der Waals surface area contributed by atoms with Gasteiger partial charge in [-0.05, 0) is 36.8 Å². The van der Waals surface area contributed by atoms with Crippen LogP contribution in [0, 0.1) is 5.92 Å². The van der Waals surface area contributed by atoms with Gasteiger partial charge in [0.05, 0.1) is 0 Å². The van der Waals surface area contributed by atoms with Crippen molar-refractivity contribution in [2.75, 3.05) is 13.1 Å². The Morgan fingerprint density at radius 2 is 2.19 bits per heavy atom. The summed E-state index contributed by atoms with van der Waals surface area (Å²) in [6.07, 6.45) is 4.50. The highest BCUT2D eigenvalue weighted by Crippen LogP contribution is 2.22. The van der Waals surface area contributed by atoms with Crippen molar-refractivity contribution in [3.63, 3.8) is 0 Å². The molecular weight excluding hydrogens is 354 g/mol. The fraction of sp³-hybridized carbons (Fsp3) is 0.444. The number of halogens is 1. The second-order valence-electron chi connectivity index (χ2n) is 6.50. The van der Waals surface area contributed by atoms with Crippen LogP contribution < -0.4 is 5.32 Å². The second kappa shape index (κ2) is 8.80. The SMILES string of the molecule is O=C(CC[C@@H]1CCCN(C(=O)c2ncn[nH]2)C1)NCc1ccccc1Cl. The van der Waals surface area contributed by atoms with Crippen molar-refractivity contribution in [3.05, 3.63) is 47.0 Å². The Balaban J connectivity index is 1.43. The van der Waals surface area contributed by atoms with Crippen molar-refractivity contribution in [1.29, 1.82) is 0 Å². The Hall–Kier alpha value is -2.41. The molecule has 2 aromatic rings. The molecule has 1 aromatic heterocycles. The molecule has 0 radical (unpaired) electrons. The van der Waals surface area contributed by atoms with Gasteiger partial charge in [-0.25, -0.2) is 4.98 Å². The molecule has 0 bridgehead atoms. The second-order valence-corrected chi connectivity index (χ2v) is 6.91. The third kappa shape index (κ3) is 4.82. The van der Waals surface area contributed by atoms with E-state index in [1.54, 1.807) is 4.90 Å². The number of carbonyl (C=O) groups excluding carboxylic acids is 2. The molecule has 8 heteroatoms. The van der Waals surface area contributed by atoms with E-state index in [1.165, 1.54) is 6.33 Å². The van der Waals surface area contributed by atoms with Gasteiger partial charge < -0.3 is 10.2 Å². The maximum atomic E-state index is 12.3. The molecule has 1 aromatic carbocycles. The lowest BCUT2D eigenvalue weighted by molar-refractivity contribution is -0.121. The number of piperidine rings is 1. The molecule has 1 saturated heterocycles. The molecule has 2 heterocycles. The van der Waals surface area contributed by atoms with Crippen molar-refractivity contribution in [1.82, 2.24) is 25.4 Å². The van der Waals surface area contributed by atoms with Gasteiger partial charge in [0, 0.05) is 31.1 Å². The van der Waals surface area contributed by atoms with Crippen LogP contribution in [0.4, 0.5) is 0 Å². The predicted molar refractivity (Wildman–Crippen MR) is 97.5 cm³/mol. The average molecular weight is 376 g/mol. The predicted octanol–water partition coefficient (Wildman–Crippen LogP) is 2.41. The molecule has 0 aliphatic carbocycles. The lowest BCUT2D eigenvalue weighted by atomic mass is 9.93.